The van der Waals surface area contributed by atoms with Gasteiger partial charge >= 0.3 is 0 Å². The molecule has 0 aromatic heterocycles. The van der Waals surface area contributed by atoms with Crippen LogP contribution >= 0.6 is 0 Å². The Bertz CT molecular complexity index is 316. The summed E-state index contributed by atoms with van der Waals surface area (Å²) in [4.78, 5) is 0. The lowest BCUT2D eigenvalue weighted by Crippen LogP contribution is -2.41. The number of aliphatic hydroxyl groups excluding tert-OH is 2. The van der Waals surface area contributed by atoms with Gasteiger partial charge in [0, 0.05) is 26.2 Å². The van der Waals surface area contributed by atoms with Gasteiger partial charge in [0.1, 0.15) is 0 Å². The molecule has 0 saturated carbocycles. The van der Waals surface area contributed by atoms with E-state index in [9.17, 15) is 18.6 Å². The Morgan fingerprint density at radius 3 is 1.87 bits per heavy atom. The highest BCUT2D eigenvalue weighted by Crippen LogP contribution is 2.21. The number of hydrogen-bond donors (Lipinski definition) is 2. The van der Waals surface area contributed by atoms with E-state index in [1.807, 2.05) is 0 Å². The third-order valence-corrected chi connectivity index (χ3v) is 4.91. The van der Waals surface area contributed by atoms with E-state index in [0.717, 1.165) is 17.1 Å². The molecule has 15 heavy (non-hydrogen) atoms. The number of aliphatic hydroxyl groups is 2. The van der Waals surface area contributed by atoms with E-state index < -0.39 is 22.4 Å². The predicted molar refractivity (Wildman–Crippen MR) is 53.3 cm³/mol. The van der Waals surface area contributed by atoms with Gasteiger partial charge in [0.05, 0.1) is 12.2 Å². The molecule has 0 amide bonds. The average molecular weight is 236 g/mol. The summed E-state index contributed by atoms with van der Waals surface area (Å²) in [5.41, 5.74) is 0. The minimum absolute atomic E-state index is 0.000000000000000222. The third-order valence-electron chi connectivity index (χ3n) is 2.94. The van der Waals surface area contributed by atoms with Gasteiger partial charge in [-0.3, -0.25) is 0 Å². The molecule has 2 atom stereocenters. The van der Waals surface area contributed by atoms with Crippen molar-refractivity contribution in [2.45, 2.75) is 25.0 Å². The topological polar surface area (TPSA) is 81.1 Å². The molecule has 0 radical (unpaired) electrons. The molecular weight excluding hydrogens is 220 g/mol. The van der Waals surface area contributed by atoms with Crippen LogP contribution in [-0.2, 0) is 10.2 Å². The average Bonchev–Trinajstić information content (AvgIpc) is 2.77. The molecule has 88 valence electrons. The van der Waals surface area contributed by atoms with Crippen molar-refractivity contribution in [3.63, 3.8) is 0 Å². The predicted octanol–water partition coefficient (Wildman–Crippen LogP) is -1.64. The zero-order valence-corrected chi connectivity index (χ0v) is 9.23. The van der Waals surface area contributed by atoms with Crippen molar-refractivity contribution in [2.24, 2.45) is 0 Å². The fourth-order valence-corrected chi connectivity index (χ4v) is 3.73. The molecule has 2 rings (SSSR count). The van der Waals surface area contributed by atoms with Crippen molar-refractivity contribution in [3.05, 3.63) is 0 Å². The van der Waals surface area contributed by atoms with E-state index in [1.165, 1.54) is 4.31 Å². The number of hydrogen-bond acceptors (Lipinski definition) is 4. The highest BCUT2D eigenvalue weighted by molar-refractivity contribution is 7.86. The molecular formula is C8H16N2O4S. The highest BCUT2D eigenvalue weighted by Gasteiger charge is 2.40. The van der Waals surface area contributed by atoms with Crippen molar-refractivity contribution >= 4 is 10.2 Å². The second-order valence-corrected chi connectivity index (χ2v) is 5.99. The Kier molecular flexibility index (Phi) is 3.00. The second kappa shape index (κ2) is 3.99. The van der Waals surface area contributed by atoms with Gasteiger partial charge in [0.25, 0.3) is 10.2 Å². The lowest BCUT2D eigenvalue weighted by Gasteiger charge is -2.22. The van der Waals surface area contributed by atoms with Crippen LogP contribution in [0.4, 0.5) is 0 Å². The summed E-state index contributed by atoms with van der Waals surface area (Å²) >= 11 is 0. The van der Waals surface area contributed by atoms with Gasteiger partial charge in [-0.15, -0.1) is 0 Å². The lowest BCUT2D eigenvalue weighted by molar-refractivity contribution is 0.0572. The van der Waals surface area contributed by atoms with Crippen LogP contribution in [-0.4, -0.2) is 65.6 Å². The molecule has 6 nitrogen and oxygen atoms in total. The lowest BCUT2D eigenvalue weighted by atomic mass is 10.3. The molecule has 0 aliphatic carbocycles. The zero-order chi connectivity index (χ0) is 11.1. The smallest absolute Gasteiger partial charge is 0.282 e. The maximum absolute atomic E-state index is 12.0. The maximum Gasteiger partial charge on any atom is 0.282 e. The van der Waals surface area contributed by atoms with E-state index in [0.29, 0.717) is 13.1 Å². The van der Waals surface area contributed by atoms with Crippen molar-refractivity contribution in [3.8, 4) is 0 Å². The summed E-state index contributed by atoms with van der Waals surface area (Å²) in [6.45, 7) is 1.09. The molecule has 2 N–H and O–H groups in total. The minimum Gasteiger partial charge on any atom is -0.389 e. The van der Waals surface area contributed by atoms with Gasteiger partial charge in [-0.1, -0.05) is 0 Å². The molecule has 0 bridgehead atoms. The van der Waals surface area contributed by atoms with E-state index in [-0.39, 0.29) is 13.1 Å². The van der Waals surface area contributed by atoms with Gasteiger partial charge in [-0.2, -0.15) is 17.0 Å². The van der Waals surface area contributed by atoms with Crippen LogP contribution in [0.25, 0.3) is 0 Å². The number of β-amino-alcohol motifs (C(OH)–C–C–N with tert-alkyl or cyclic N) is 2. The Labute approximate surface area is 89.3 Å². The third kappa shape index (κ3) is 2.02. The first-order chi connectivity index (χ1) is 7.01. The molecule has 2 saturated heterocycles. The molecule has 7 heteroatoms. The Hall–Kier alpha value is -0.210. The van der Waals surface area contributed by atoms with Crippen molar-refractivity contribution in [1.29, 1.82) is 0 Å². The standard InChI is InChI=1S/C8H16N2O4S/c11-7-5-10(6-8(7)12)15(13,14)9-3-1-2-4-9/h7-8,11-12H,1-6H2. The van der Waals surface area contributed by atoms with E-state index >= 15 is 0 Å². The van der Waals surface area contributed by atoms with E-state index in [1.54, 1.807) is 0 Å². The molecule has 2 unspecified atom stereocenters. The van der Waals surface area contributed by atoms with Gasteiger partial charge in [0.2, 0.25) is 0 Å². The fraction of sp³-hybridized carbons (Fsp3) is 1.00. The summed E-state index contributed by atoms with van der Waals surface area (Å²) in [7, 11) is -3.46. The molecule has 2 aliphatic rings. The summed E-state index contributed by atoms with van der Waals surface area (Å²) in [6.07, 6.45) is -0.138. The van der Waals surface area contributed by atoms with Gasteiger partial charge in [0.15, 0.2) is 0 Å². The van der Waals surface area contributed by atoms with Gasteiger partial charge < -0.3 is 10.2 Å². The van der Waals surface area contributed by atoms with Crippen LogP contribution in [0.15, 0.2) is 0 Å². The van der Waals surface area contributed by atoms with Crippen LogP contribution in [0.5, 0.6) is 0 Å². The van der Waals surface area contributed by atoms with Crippen molar-refractivity contribution in [2.75, 3.05) is 26.2 Å². The van der Waals surface area contributed by atoms with Crippen molar-refractivity contribution in [1.82, 2.24) is 8.61 Å². The fourth-order valence-electron chi connectivity index (χ4n) is 2.01. The molecule has 0 aromatic carbocycles. The molecule has 0 spiro atoms. The van der Waals surface area contributed by atoms with Gasteiger partial charge in [-0.25, -0.2) is 0 Å². The second-order valence-electron chi connectivity index (χ2n) is 4.07. The molecule has 0 aromatic rings. The summed E-state index contributed by atoms with van der Waals surface area (Å²) < 4.78 is 26.5. The zero-order valence-electron chi connectivity index (χ0n) is 8.41. The first-order valence-electron chi connectivity index (χ1n) is 5.13. The Morgan fingerprint density at radius 2 is 1.40 bits per heavy atom. The first kappa shape index (κ1) is 11.3. The first-order valence-corrected chi connectivity index (χ1v) is 6.53. The van der Waals surface area contributed by atoms with Crippen LogP contribution < -0.4 is 0 Å². The molecule has 2 heterocycles. The van der Waals surface area contributed by atoms with Gasteiger partial charge in [-0.05, 0) is 12.8 Å². The SMILES string of the molecule is O=S(=O)(N1CCCC1)N1CC(O)C(O)C1. The summed E-state index contributed by atoms with van der Waals surface area (Å²) in [6, 6.07) is 0. The van der Waals surface area contributed by atoms with Crippen LogP contribution in [0.2, 0.25) is 0 Å². The number of rotatable bonds is 2. The number of nitrogens with zero attached hydrogens (tertiary/aromatic N) is 2. The molecule has 2 aliphatic heterocycles. The van der Waals surface area contributed by atoms with Crippen molar-refractivity contribution < 1.29 is 18.6 Å². The summed E-state index contributed by atoms with van der Waals surface area (Å²) in [5, 5.41) is 18.6. The molecule has 2 fully saturated rings. The summed E-state index contributed by atoms with van der Waals surface area (Å²) in [5.74, 6) is 0. The van der Waals surface area contributed by atoms with E-state index in [2.05, 4.69) is 0 Å². The Morgan fingerprint density at radius 1 is 0.933 bits per heavy atom. The van der Waals surface area contributed by atoms with Crippen LogP contribution in [0, 0.1) is 0 Å². The quantitative estimate of drug-likeness (QED) is 0.603. The Balaban J connectivity index is 2.09. The monoisotopic (exact) mass is 236 g/mol. The maximum atomic E-state index is 12.0. The minimum atomic E-state index is -3.46. The normalized spacial score (nSPS) is 35.1. The largest absolute Gasteiger partial charge is 0.389 e. The van der Waals surface area contributed by atoms with Crippen LogP contribution in [0.1, 0.15) is 12.8 Å². The van der Waals surface area contributed by atoms with Crippen LogP contribution in [0.3, 0.4) is 0 Å². The highest BCUT2D eigenvalue weighted by atomic mass is 32.2. The van der Waals surface area contributed by atoms with E-state index in [4.69, 9.17) is 0 Å².